The second kappa shape index (κ2) is 10.1. The van der Waals surface area contributed by atoms with E-state index in [0.29, 0.717) is 31.1 Å². The molecule has 1 aromatic rings. The first kappa shape index (κ1) is 20.1. The van der Waals surface area contributed by atoms with Crippen molar-refractivity contribution in [3.05, 3.63) is 35.6 Å². The molecule has 5 nitrogen and oxygen atoms in total. The molecule has 7 heteroatoms. The minimum absolute atomic E-state index is 0. The van der Waals surface area contributed by atoms with Gasteiger partial charge in [0.15, 0.2) is 0 Å². The Hall–Kier alpha value is -1.21. The summed E-state index contributed by atoms with van der Waals surface area (Å²) in [4.78, 5) is 12.0. The maximum Gasteiger partial charge on any atom is 0.254 e. The summed E-state index contributed by atoms with van der Waals surface area (Å²) in [6.45, 7) is 3.68. The molecule has 0 spiro atoms. The summed E-state index contributed by atoms with van der Waals surface area (Å²) in [6, 6.07) is 6.92. The van der Waals surface area contributed by atoms with Crippen molar-refractivity contribution in [2.24, 2.45) is 5.92 Å². The Bertz CT molecular complexity index is 555. The zero-order chi connectivity index (χ0) is 16.8. The molecule has 1 heterocycles. The van der Waals surface area contributed by atoms with Crippen molar-refractivity contribution in [1.29, 1.82) is 0 Å². The van der Waals surface area contributed by atoms with Crippen molar-refractivity contribution < 1.29 is 13.9 Å². The van der Waals surface area contributed by atoms with Gasteiger partial charge in [0.05, 0.1) is 18.8 Å². The van der Waals surface area contributed by atoms with Crippen LogP contribution in [0.4, 0.5) is 4.39 Å². The quantitative estimate of drug-likeness (QED) is 0.666. The van der Waals surface area contributed by atoms with Crippen LogP contribution in [-0.2, 0) is 4.74 Å². The number of hydrogen-bond donors (Lipinski definition) is 3. The van der Waals surface area contributed by atoms with E-state index in [2.05, 4.69) is 16.0 Å². The highest BCUT2D eigenvalue weighted by atomic mass is 35.5. The number of amides is 1. The Kier molecular flexibility index (Phi) is 8.09. The van der Waals surface area contributed by atoms with Gasteiger partial charge in [0.1, 0.15) is 5.82 Å². The zero-order valence-corrected chi connectivity index (χ0v) is 15.1. The van der Waals surface area contributed by atoms with Gasteiger partial charge in [0, 0.05) is 31.7 Å². The van der Waals surface area contributed by atoms with Crippen LogP contribution < -0.4 is 16.0 Å². The molecular formula is C18H27ClFN3O2. The van der Waals surface area contributed by atoms with Gasteiger partial charge >= 0.3 is 0 Å². The number of halogens is 2. The van der Waals surface area contributed by atoms with E-state index in [9.17, 15) is 9.18 Å². The lowest BCUT2D eigenvalue weighted by atomic mass is 9.94. The van der Waals surface area contributed by atoms with Gasteiger partial charge in [0.25, 0.3) is 5.91 Å². The Morgan fingerprint density at radius 2 is 2.12 bits per heavy atom. The summed E-state index contributed by atoms with van der Waals surface area (Å²) in [7, 11) is 0. The van der Waals surface area contributed by atoms with Gasteiger partial charge in [-0.05, 0) is 30.9 Å². The molecule has 3 atom stereocenters. The molecular weight excluding hydrogens is 345 g/mol. The van der Waals surface area contributed by atoms with Crippen LogP contribution >= 0.6 is 12.4 Å². The van der Waals surface area contributed by atoms with Crippen LogP contribution in [0.5, 0.6) is 0 Å². The van der Waals surface area contributed by atoms with E-state index < -0.39 is 5.82 Å². The summed E-state index contributed by atoms with van der Waals surface area (Å²) >= 11 is 0. The monoisotopic (exact) mass is 371 g/mol. The Morgan fingerprint density at radius 3 is 2.88 bits per heavy atom. The molecule has 1 saturated carbocycles. The fraction of sp³-hybridized carbons (Fsp3) is 0.611. The van der Waals surface area contributed by atoms with Gasteiger partial charge in [0.2, 0.25) is 0 Å². The van der Waals surface area contributed by atoms with Crippen molar-refractivity contribution in [2.75, 3.05) is 32.8 Å². The number of rotatable bonds is 6. The molecule has 3 N–H and O–H groups in total. The minimum atomic E-state index is -0.484. The molecule has 1 aromatic carbocycles. The second-order valence-electron chi connectivity index (χ2n) is 6.53. The number of hydrogen-bond acceptors (Lipinski definition) is 4. The fourth-order valence-electron chi connectivity index (χ4n) is 3.76. The van der Waals surface area contributed by atoms with E-state index in [4.69, 9.17) is 4.74 Å². The average molecular weight is 372 g/mol. The number of nitrogens with one attached hydrogen (secondary N) is 3. The smallest absolute Gasteiger partial charge is 0.254 e. The summed E-state index contributed by atoms with van der Waals surface area (Å²) in [5, 5.41) is 9.87. The van der Waals surface area contributed by atoms with E-state index >= 15 is 0 Å². The third-order valence-corrected chi connectivity index (χ3v) is 4.97. The number of benzene rings is 1. The van der Waals surface area contributed by atoms with Crippen LogP contribution in [0.2, 0.25) is 0 Å². The van der Waals surface area contributed by atoms with Gasteiger partial charge in [-0.2, -0.15) is 0 Å². The van der Waals surface area contributed by atoms with E-state index in [1.165, 1.54) is 25.0 Å². The molecule has 3 unspecified atom stereocenters. The highest BCUT2D eigenvalue weighted by Crippen LogP contribution is 2.29. The van der Waals surface area contributed by atoms with Gasteiger partial charge in [-0.3, -0.25) is 4.79 Å². The topological polar surface area (TPSA) is 62.4 Å². The SMILES string of the molecule is Cl.O=C(NCCNC1CCCC1C1COCCN1)c1ccccc1F. The van der Waals surface area contributed by atoms with Crippen molar-refractivity contribution in [1.82, 2.24) is 16.0 Å². The first-order chi connectivity index (χ1) is 11.8. The molecule has 1 aliphatic carbocycles. The molecule has 1 saturated heterocycles. The van der Waals surface area contributed by atoms with Crippen molar-refractivity contribution in [2.45, 2.75) is 31.3 Å². The Morgan fingerprint density at radius 1 is 1.28 bits per heavy atom. The van der Waals surface area contributed by atoms with Crippen LogP contribution in [0, 0.1) is 11.7 Å². The van der Waals surface area contributed by atoms with Gasteiger partial charge < -0.3 is 20.7 Å². The van der Waals surface area contributed by atoms with Crippen LogP contribution in [0.25, 0.3) is 0 Å². The highest BCUT2D eigenvalue weighted by molar-refractivity contribution is 5.94. The molecule has 25 heavy (non-hydrogen) atoms. The molecule has 2 fully saturated rings. The third-order valence-electron chi connectivity index (χ3n) is 4.97. The Balaban J connectivity index is 0.00000225. The fourth-order valence-corrected chi connectivity index (χ4v) is 3.76. The predicted octanol–water partition coefficient (Wildman–Crippen LogP) is 1.72. The first-order valence-electron chi connectivity index (χ1n) is 8.83. The van der Waals surface area contributed by atoms with Crippen LogP contribution in [0.3, 0.4) is 0 Å². The van der Waals surface area contributed by atoms with E-state index in [0.717, 1.165) is 26.2 Å². The summed E-state index contributed by atoms with van der Waals surface area (Å²) in [5.41, 5.74) is 0.0970. The molecule has 2 aliphatic rings. The predicted molar refractivity (Wildman–Crippen MR) is 97.7 cm³/mol. The lowest BCUT2D eigenvalue weighted by Crippen LogP contribution is -2.51. The summed E-state index contributed by atoms with van der Waals surface area (Å²) < 4.78 is 19.1. The number of morpholine rings is 1. The molecule has 140 valence electrons. The Labute approximate surface area is 154 Å². The van der Waals surface area contributed by atoms with Gasteiger partial charge in [-0.15, -0.1) is 12.4 Å². The van der Waals surface area contributed by atoms with Crippen LogP contribution in [0.1, 0.15) is 29.6 Å². The van der Waals surface area contributed by atoms with Crippen LogP contribution in [0.15, 0.2) is 24.3 Å². The molecule has 0 aromatic heterocycles. The number of carbonyl (C=O) groups is 1. The summed E-state index contributed by atoms with van der Waals surface area (Å²) in [6.07, 6.45) is 3.59. The summed E-state index contributed by atoms with van der Waals surface area (Å²) in [5.74, 6) is -0.269. The maximum absolute atomic E-state index is 13.6. The van der Waals surface area contributed by atoms with E-state index in [1.54, 1.807) is 12.1 Å². The van der Waals surface area contributed by atoms with Crippen molar-refractivity contribution >= 4 is 18.3 Å². The molecule has 3 rings (SSSR count). The van der Waals surface area contributed by atoms with Crippen molar-refractivity contribution in [3.8, 4) is 0 Å². The number of carbonyl (C=O) groups excluding carboxylic acids is 1. The first-order valence-corrected chi connectivity index (χ1v) is 8.83. The molecule has 0 bridgehead atoms. The van der Waals surface area contributed by atoms with Crippen LogP contribution in [-0.4, -0.2) is 50.8 Å². The van der Waals surface area contributed by atoms with Gasteiger partial charge in [-0.1, -0.05) is 18.6 Å². The standard InChI is InChI=1S/C18H26FN3O2.ClH/c19-15-6-2-1-4-13(15)18(23)22-9-8-20-16-7-3-5-14(16)17-12-24-11-10-21-17;/h1-2,4,6,14,16-17,20-21H,3,5,7-12H2,(H,22,23);1H. The third kappa shape index (κ3) is 5.38. The normalized spacial score (nSPS) is 26.0. The van der Waals surface area contributed by atoms with Crippen molar-refractivity contribution in [3.63, 3.8) is 0 Å². The van der Waals surface area contributed by atoms with Gasteiger partial charge in [-0.25, -0.2) is 4.39 Å². The lowest BCUT2D eigenvalue weighted by molar-refractivity contribution is 0.0526. The zero-order valence-electron chi connectivity index (χ0n) is 14.3. The second-order valence-corrected chi connectivity index (χ2v) is 6.53. The highest BCUT2D eigenvalue weighted by Gasteiger charge is 2.34. The van der Waals surface area contributed by atoms with E-state index in [1.807, 2.05) is 0 Å². The van der Waals surface area contributed by atoms with E-state index in [-0.39, 0.29) is 23.9 Å². The average Bonchev–Trinajstić information content (AvgIpc) is 3.08. The molecule has 0 radical (unpaired) electrons. The molecule has 1 amide bonds. The molecule has 1 aliphatic heterocycles. The lowest BCUT2D eigenvalue weighted by Gasteiger charge is -2.33. The minimum Gasteiger partial charge on any atom is -0.379 e. The largest absolute Gasteiger partial charge is 0.379 e. The number of ether oxygens (including phenoxy) is 1. The maximum atomic E-state index is 13.6.